The average molecular weight is 270 g/mol. The summed E-state index contributed by atoms with van der Waals surface area (Å²) in [5, 5.41) is 19.7. The smallest absolute Gasteiger partial charge is 0.0553 e. The molecule has 106 valence electrons. The van der Waals surface area contributed by atoms with Gasteiger partial charge in [-0.1, -0.05) is 59.7 Å². The van der Waals surface area contributed by atoms with Crippen LogP contribution in [0.1, 0.15) is 22.3 Å². The standard InChI is InChI=1S/C18H22O2/c1-14-8-15(2)10-16(9-14)11-18(12-19,13-20)17-6-4-3-5-7-17/h3-10,19-20H,11-13H2,1-2H3. The van der Waals surface area contributed by atoms with Crippen LogP contribution >= 0.6 is 0 Å². The summed E-state index contributed by atoms with van der Waals surface area (Å²) in [7, 11) is 0. The van der Waals surface area contributed by atoms with Crippen LogP contribution in [0.3, 0.4) is 0 Å². The normalized spacial score (nSPS) is 11.6. The van der Waals surface area contributed by atoms with Gasteiger partial charge in [-0.2, -0.15) is 0 Å². The van der Waals surface area contributed by atoms with E-state index < -0.39 is 5.41 Å². The monoisotopic (exact) mass is 270 g/mol. The van der Waals surface area contributed by atoms with Gasteiger partial charge in [-0.25, -0.2) is 0 Å². The minimum Gasteiger partial charge on any atom is -0.395 e. The topological polar surface area (TPSA) is 40.5 Å². The molecular weight excluding hydrogens is 248 g/mol. The molecule has 2 rings (SSSR count). The summed E-state index contributed by atoms with van der Waals surface area (Å²) in [6.07, 6.45) is 0.631. The lowest BCUT2D eigenvalue weighted by Crippen LogP contribution is -2.37. The van der Waals surface area contributed by atoms with Crippen molar-refractivity contribution in [1.82, 2.24) is 0 Å². The van der Waals surface area contributed by atoms with Gasteiger partial charge in [-0.15, -0.1) is 0 Å². The van der Waals surface area contributed by atoms with E-state index in [1.54, 1.807) is 0 Å². The summed E-state index contributed by atoms with van der Waals surface area (Å²) < 4.78 is 0. The Kier molecular flexibility index (Phi) is 4.58. The van der Waals surface area contributed by atoms with Crippen LogP contribution < -0.4 is 0 Å². The molecule has 2 N–H and O–H groups in total. The molecule has 0 aromatic heterocycles. The lowest BCUT2D eigenvalue weighted by atomic mass is 9.76. The molecule has 2 heteroatoms. The van der Waals surface area contributed by atoms with Gasteiger partial charge in [0.15, 0.2) is 0 Å². The van der Waals surface area contributed by atoms with E-state index in [0.717, 1.165) is 11.1 Å². The number of aliphatic hydroxyl groups excluding tert-OH is 2. The van der Waals surface area contributed by atoms with E-state index in [0.29, 0.717) is 6.42 Å². The molecule has 2 aromatic carbocycles. The molecule has 0 spiro atoms. The van der Waals surface area contributed by atoms with E-state index in [-0.39, 0.29) is 13.2 Å². The third kappa shape index (κ3) is 3.09. The molecule has 0 radical (unpaired) electrons. The fourth-order valence-electron chi connectivity index (χ4n) is 2.80. The molecular formula is C18H22O2. The van der Waals surface area contributed by atoms with Gasteiger partial charge in [0.25, 0.3) is 0 Å². The van der Waals surface area contributed by atoms with Crippen LogP contribution in [0.15, 0.2) is 48.5 Å². The molecule has 2 nitrogen and oxygen atoms in total. The lowest BCUT2D eigenvalue weighted by molar-refractivity contribution is 0.116. The molecule has 0 saturated heterocycles. The largest absolute Gasteiger partial charge is 0.395 e. The van der Waals surface area contributed by atoms with E-state index in [9.17, 15) is 10.2 Å². The van der Waals surface area contributed by atoms with Gasteiger partial charge in [0, 0.05) is 5.41 Å². The molecule has 0 fully saturated rings. The number of rotatable bonds is 5. The summed E-state index contributed by atoms with van der Waals surface area (Å²) in [5.41, 5.74) is 3.91. The van der Waals surface area contributed by atoms with Gasteiger partial charge in [-0.05, 0) is 31.4 Å². The van der Waals surface area contributed by atoms with E-state index in [2.05, 4.69) is 32.0 Å². The van der Waals surface area contributed by atoms with Gasteiger partial charge in [0.05, 0.1) is 13.2 Å². The van der Waals surface area contributed by atoms with Crippen molar-refractivity contribution in [2.24, 2.45) is 0 Å². The molecule has 0 aliphatic carbocycles. The Labute approximate surface area is 120 Å². The van der Waals surface area contributed by atoms with Crippen molar-refractivity contribution in [2.45, 2.75) is 25.7 Å². The SMILES string of the molecule is Cc1cc(C)cc(CC(CO)(CO)c2ccccc2)c1. The summed E-state index contributed by atoms with van der Waals surface area (Å²) in [4.78, 5) is 0. The van der Waals surface area contributed by atoms with Crippen molar-refractivity contribution in [3.05, 3.63) is 70.8 Å². The molecule has 0 heterocycles. The lowest BCUT2D eigenvalue weighted by Gasteiger charge is -2.31. The second kappa shape index (κ2) is 6.21. The zero-order chi connectivity index (χ0) is 14.6. The predicted octanol–water partition coefficient (Wildman–Crippen LogP) is 2.77. The summed E-state index contributed by atoms with van der Waals surface area (Å²) in [6, 6.07) is 16.1. The molecule has 0 bridgehead atoms. The van der Waals surface area contributed by atoms with Crippen molar-refractivity contribution in [1.29, 1.82) is 0 Å². The first kappa shape index (κ1) is 14.8. The zero-order valence-corrected chi connectivity index (χ0v) is 12.1. The molecule has 0 unspecified atom stereocenters. The number of hydrogen-bond donors (Lipinski definition) is 2. The highest BCUT2D eigenvalue weighted by Gasteiger charge is 2.31. The third-order valence-electron chi connectivity index (χ3n) is 3.82. The Bertz CT molecular complexity index is 537. The molecule has 0 atom stereocenters. The molecule has 0 aliphatic rings. The first-order valence-electron chi connectivity index (χ1n) is 6.94. The van der Waals surface area contributed by atoms with Crippen LogP contribution in [0.4, 0.5) is 0 Å². The Morgan fingerprint density at radius 3 is 1.90 bits per heavy atom. The van der Waals surface area contributed by atoms with Gasteiger partial charge in [-0.3, -0.25) is 0 Å². The van der Waals surface area contributed by atoms with Gasteiger partial charge in [0.1, 0.15) is 0 Å². The average Bonchev–Trinajstić information content (AvgIpc) is 2.45. The minimum atomic E-state index is -0.624. The van der Waals surface area contributed by atoms with Crippen molar-refractivity contribution >= 4 is 0 Å². The number of benzene rings is 2. The van der Waals surface area contributed by atoms with Gasteiger partial charge in [0.2, 0.25) is 0 Å². The van der Waals surface area contributed by atoms with Crippen LogP contribution in [-0.2, 0) is 11.8 Å². The molecule has 0 saturated carbocycles. The third-order valence-corrected chi connectivity index (χ3v) is 3.82. The second-order valence-corrected chi connectivity index (χ2v) is 5.64. The number of hydrogen-bond acceptors (Lipinski definition) is 2. The molecule has 0 amide bonds. The Morgan fingerprint density at radius 1 is 0.850 bits per heavy atom. The van der Waals surface area contributed by atoms with E-state index in [4.69, 9.17) is 0 Å². The summed E-state index contributed by atoms with van der Waals surface area (Å²) in [6.45, 7) is 4.00. The maximum Gasteiger partial charge on any atom is 0.0553 e. The maximum atomic E-state index is 9.87. The fourth-order valence-corrected chi connectivity index (χ4v) is 2.80. The van der Waals surface area contributed by atoms with E-state index in [1.165, 1.54) is 11.1 Å². The van der Waals surface area contributed by atoms with E-state index in [1.807, 2.05) is 30.3 Å². The van der Waals surface area contributed by atoms with Crippen molar-refractivity contribution in [3.63, 3.8) is 0 Å². The highest BCUT2D eigenvalue weighted by atomic mass is 16.3. The fraction of sp³-hybridized carbons (Fsp3) is 0.333. The van der Waals surface area contributed by atoms with Crippen LogP contribution in [0, 0.1) is 13.8 Å². The first-order chi connectivity index (χ1) is 9.59. The Morgan fingerprint density at radius 2 is 1.40 bits per heavy atom. The highest BCUT2D eigenvalue weighted by Crippen LogP contribution is 2.28. The Balaban J connectivity index is 2.39. The van der Waals surface area contributed by atoms with E-state index >= 15 is 0 Å². The van der Waals surface area contributed by atoms with Crippen LogP contribution in [0.5, 0.6) is 0 Å². The summed E-state index contributed by atoms with van der Waals surface area (Å²) in [5.74, 6) is 0. The van der Waals surface area contributed by atoms with Gasteiger partial charge >= 0.3 is 0 Å². The van der Waals surface area contributed by atoms with Crippen LogP contribution in [0.25, 0.3) is 0 Å². The zero-order valence-electron chi connectivity index (χ0n) is 12.1. The quantitative estimate of drug-likeness (QED) is 0.877. The van der Waals surface area contributed by atoms with Crippen molar-refractivity contribution < 1.29 is 10.2 Å². The second-order valence-electron chi connectivity index (χ2n) is 5.64. The van der Waals surface area contributed by atoms with Crippen LogP contribution in [0.2, 0.25) is 0 Å². The number of aliphatic hydroxyl groups is 2. The van der Waals surface area contributed by atoms with Crippen molar-refractivity contribution in [3.8, 4) is 0 Å². The number of aryl methyl sites for hydroxylation is 2. The van der Waals surface area contributed by atoms with Crippen LogP contribution in [-0.4, -0.2) is 23.4 Å². The van der Waals surface area contributed by atoms with Gasteiger partial charge < -0.3 is 10.2 Å². The molecule has 20 heavy (non-hydrogen) atoms. The molecule has 0 aliphatic heterocycles. The van der Waals surface area contributed by atoms with Crippen molar-refractivity contribution in [2.75, 3.05) is 13.2 Å². The predicted molar refractivity (Wildman–Crippen MR) is 81.9 cm³/mol. The minimum absolute atomic E-state index is 0.0689. The maximum absolute atomic E-state index is 9.87. The highest BCUT2D eigenvalue weighted by molar-refractivity contribution is 5.34. The Hall–Kier alpha value is -1.64. The summed E-state index contributed by atoms with van der Waals surface area (Å²) >= 11 is 0. The first-order valence-corrected chi connectivity index (χ1v) is 6.94. The molecule has 2 aromatic rings.